The van der Waals surface area contributed by atoms with Gasteiger partial charge in [0.25, 0.3) is 5.91 Å². The Labute approximate surface area is 139 Å². The monoisotopic (exact) mass is 333 g/mol. The van der Waals surface area contributed by atoms with Crippen molar-refractivity contribution in [3.8, 4) is 11.8 Å². The van der Waals surface area contributed by atoms with Crippen LogP contribution in [-0.2, 0) is 19.1 Å². The maximum atomic E-state index is 11.8. The number of carbonyl (C=O) groups is 3. The lowest BCUT2D eigenvalue weighted by Gasteiger charge is -2.17. The van der Waals surface area contributed by atoms with E-state index in [1.807, 2.05) is 6.07 Å². The van der Waals surface area contributed by atoms with Crippen molar-refractivity contribution in [2.24, 2.45) is 0 Å². The number of nitriles is 1. The number of esters is 1. The number of benzene rings is 1. The first-order chi connectivity index (χ1) is 11.4. The number of nitrogens with zero attached hydrogens (tertiary/aromatic N) is 2. The van der Waals surface area contributed by atoms with Crippen molar-refractivity contribution in [2.45, 2.75) is 13.0 Å². The van der Waals surface area contributed by atoms with Crippen LogP contribution in [0.5, 0.6) is 5.75 Å². The molecule has 1 aromatic rings. The quantitative estimate of drug-likeness (QED) is 0.708. The summed E-state index contributed by atoms with van der Waals surface area (Å²) in [6.45, 7) is 0.886. The fraction of sp³-hybridized carbons (Fsp3) is 0.375. The SMILES string of the molecule is CNC(=O)CN(C)C(=O)COC(=O)[C@@H](C)Oc1ccc(C#N)cc1. The number of hydrogen-bond acceptors (Lipinski definition) is 6. The van der Waals surface area contributed by atoms with Crippen molar-refractivity contribution in [1.82, 2.24) is 10.2 Å². The molecular formula is C16H19N3O5. The molecule has 1 N–H and O–H groups in total. The Balaban J connectivity index is 2.44. The van der Waals surface area contributed by atoms with E-state index in [0.29, 0.717) is 11.3 Å². The standard InChI is InChI=1S/C16H19N3O5/c1-11(24-13-6-4-12(8-17)5-7-13)16(22)23-10-15(21)19(3)9-14(20)18-2/h4-7,11H,9-10H2,1-3H3,(H,18,20)/t11-/m1/s1. The van der Waals surface area contributed by atoms with E-state index in [-0.39, 0.29) is 12.5 Å². The summed E-state index contributed by atoms with van der Waals surface area (Å²) in [5, 5.41) is 11.1. The summed E-state index contributed by atoms with van der Waals surface area (Å²) in [6.07, 6.45) is -0.921. The van der Waals surface area contributed by atoms with Crippen molar-refractivity contribution in [1.29, 1.82) is 5.26 Å². The van der Waals surface area contributed by atoms with Crippen LogP contribution in [0, 0.1) is 11.3 Å². The van der Waals surface area contributed by atoms with Crippen LogP contribution >= 0.6 is 0 Å². The highest BCUT2D eigenvalue weighted by molar-refractivity contribution is 5.86. The van der Waals surface area contributed by atoms with Crippen LogP contribution < -0.4 is 10.1 Å². The first-order valence-corrected chi connectivity index (χ1v) is 7.15. The minimum atomic E-state index is -0.921. The van der Waals surface area contributed by atoms with Gasteiger partial charge in [-0.2, -0.15) is 5.26 Å². The van der Waals surface area contributed by atoms with Crippen LogP contribution in [0.15, 0.2) is 24.3 Å². The molecule has 0 aromatic heterocycles. The predicted octanol–water partition coefficient (Wildman–Crippen LogP) is 0.0732. The van der Waals surface area contributed by atoms with Gasteiger partial charge in [0, 0.05) is 14.1 Å². The molecule has 2 amide bonds. The van der Waals surface area contributed by atoms with Crippen molar-refractivity contribution in [3.05, 3.63) is 29.8 Å². The lowest BCUT2D eigenvalue weighted by atomic mass is 10.2. The molecule has 0 aliphatic carbocycles. The molecule has 0 saturated heterocycles. The van der Waals surface area contributed by atoms with E-state index in [1.54, 1.807) is 24.3 Å². The maximum Gasteiger partial charge on any atom is 0.347 e. The zero-order chi connectivity index (χ0) is 18.1. The molecule has 8 nitrogen and oxygen atoms in total. The van der Waals surface area contributed by atoms with Gasteiger partial charge in [-0.3, -0.25) is 9.59 Å². The molecule has 0 radical (unpaired) electrons. The molecule has 0 aliphatic heterocycles. The maximum absolute atomic E-state index is 11.8. The van der Waals surface area contributed by atoms with Crippen LogP contribution in [0.25, 0.3) is 0 Å². The van der Waals surface area contributed by atoms with E-state index in [9.17, 15) is 14.4 Å². The van der Waals surface area contributed by atoms with Gasteiger partial charge in [0.05, 0.1) is 18.2 Å². The molecule has 24 heavy (non-hydrogen) atoms. The zero-order valence-electron chi connectivity index (χ0n) is 13.7. The minimum Gasteiger partial charge on any atom is -0.479 e. The molecule has 0 saturated carbocycles. The summed E-state index contributed by atoms with van der Waals surface area (Å²) in [5.74, 6) is -1.13. The zero-order valence-corrected chi connectivity index (χ0v) is 13.7. The summed E-state index contributed by atoms with van der Waals surface area (Å²) in [6, 6.07) is 8.21. The third kappa shape index (κ3) is 5.96. The van der Waals surface area contributed by atoms with Crippen molar-refractivity contribution in [2.75, 3.05) is 27.2 Å². The summed E-state index contributed by atoms with van der Waals surface area (Å²) >= 11 is 0. The molecule has 0 unspecified atom stereocenters. The first kappa shape index (κ1) is 19.0. The van der Waals surface area contributed by atoms with Crippen molar-refractivity contribution in [3.63, 3.8) is 0 Å². The Kier molecular flexibility index (Phi) is 7.23. The van der Waals surface area contributed by atoms with E-state index in [2.05, 4.69) is 5.32 Å². The molecule has 1 aromatic carbocycles. The van der Waals surface area contributed by atoms with Crippen LogP contribution in [0.2, 0.25) is 0 Å². The van der Waals surface area contributed by atoms with Crippen molar-refractivity contribution >= 4 is 17.8 Å². The van der Waals surface area contributed by atoms with Crippen LogP contribution in [0.3, 0.4) is 0 Å². The average molecular weight is 333 g/mol. The molecule has 0 heterocycles. The summed E-state index contributed by atoms with van der Waals surface area (Å²) in [5.41, 5.74) is 0.474. The van der Waals surface area contributed by atoms with Gasteiger partial charge in [0.2, 0.25) is 5.91 Å². The van der Waals surface area contributed by atoms with E-state index in [0.717, 1.165) is 4.90 Å². The van der Waals surface area contributed by atoms with Crippen LogP contribution in [-0.4, -0.2) is 56.0 Å². The van der Waals surface area contributed by atoms with Gasteiger partial charge < -0.3 is 19.7 Å². The van der Waals surface area contributed by atoms with Gasteiger partial charge in [0.15, 0.2) is 12.7 Å². The number of carbonyl (C=O) groups excluding carboxylic acids is 3. The van der Waals surface area contributed by atoms with Crippen LogP contribution in [0.4, 0.5) is 0 Å². The fourth-order valence-corrected chi connectivity index (χ4v) is 1.60. The van der Waals surface area contributed by atoms with Gasteiger partial charge in [-0.1, -0.05) is 0 Å². The van der Waals surface area contributed by atoms with E-state index in [4.69, 9.17) is 14.7 Å². The highest BCUT2D eigenvalue weighted by atomic mass is 16.6. The number of likely N-dealkylation sites (N-methyl/N-ethyl adjacent to an activating group) is 2. The Bertz CT molecular complexity index is 636. The third-order valence-electron chi connectivity index (χ3n) is 3.05. The predicted molar refractivity (Wildman–Crippen MR) is 83.9 cm³/mol. The Hall–Kier alpha value is -3.08. The van der Waals surface area contributed by atoms with Gasteiger partial charge in [-0.25, -0.2) is 4.79 Å². The Morgan fingerprint density at radius 2 is 1.92 bits per heavy atom. The number of amides is 2. The summed E-state index contributed by atoms with van der Waals surface area (Å²) < 4.78 is 10.3. The number of nitrogens with one attached hydrogen (secondary N) is 1. The van der Waals surface area contributed by atoms with Gasteiger partial charge in [-0.15, -0.1) is 0 Å². The fourth-order valence-electron chi connectivity index (χ4n) is 1.60. The first-order valence-electron chi connectivity index (χ1n) is 7.15. The molecule has 0 bridgehead atoms. The second-order valence-electron chi connectivity index (χ2n) is 4.93. The lowest BCUT2D eigenvalue weighted by Crippen LogP contribution is -2.39. The van der Waals surface area contributed by atoms with Gasteiger partial charge >= 0.3 is 5.97 Å². The molecular weight excluding hydrogens is 314 g/mol. The van der Waals surface area contributed by atoms with E-state index < -0.39 is 24.6 Å². The summed E-state index contributed by atoms with van der Waals surface area (Å²) in [4.78, 5) is 35.9. The summed E-state index contributed by atoms with van der Waals surface area (Å²) in [7, 11) is 2.89. The normalized spacial score (nSPS) is 10.9. The van der Waals surface area contributed by atoms with E-state index in [1.165, 1.54) is 21.0 Å². The molecule has 0 spiro atoms. The molecule has 8 heteroatoms. The molecule has 1 atom stereocenters. The second kappa shape index (κ2) is 9.15. The molecule has 0 fully saturated rings. The topological polar surface area (TPSA) is 109 Å². The largest absolute Gasteiger partial charge is 0.479 e. The molecule has 1 rings (SSSR count). The number of rotatable bonds is 7. The Morgan fingerprint density at radius 3 is 2.46 bits per heavy atom. The van der Waals surface area contributed by atoms with Gasteiger partial charge in [0.1, 0.15) is 5.75 Å². The molecule has 0 aliphatic rings. The lowest BCUT2D eigenvalue weighted by molar-refractivity contribution is -0.157. The van der Waals surface area contributed by atoms with Crippen LogP contribution in [0.1, 0.15) is 12.5 Å². The van der Waals surface area contributed by atoms with E-state index >= 15 is 0 Å². The highest BCUT2D eigenvalue weighted by Gasteiger charge is 2.19. The average Bonchev–Trinajstić information content (AvgIpc) is 2.59. The number of ether oxygens (including phenoxy) is 2. The Morgan fingerprint density at radius 1 is 1.29 bits per heavy atom. The molecule has 128 valence electrons. The highest BCUT2D eigenvalue weighted by Crippen LogP contribution is 2.13. The van der Waals surface area contributed by atoms with Gasteiger partial charge in [-0.05, 0) is 31.2 Å². The second-order valence-corrected chi connectivity index (χ2v) is 4.93. The smallest absolute Gasteiger partial charge is 0.347 e. The van der Waals surface area contributed by atoms with Crippen molar-refractivity contribution < 1.29 is 23.9 Å². The third-order valence-corrected chi connectivity index (χ3v) is 3.05. The number of hydrogen-bond donors (Lipinski definition) is 1. The minimum absolute atomic E-state index is 0.121.